The Morgan fingerprint density at radius 1 is 1.47 bits per heavy atom. The van der Waals surface area contributed by atoms with Crippen molar-refractivity contribution in [3.63, 3.8) is 0 Å². The van der Waals surface area contributed by atoms with Crippen LogP contribution in [0.25, 0.3) is 0 Å². The first-order valence-corrected chi connectivity index (χ1v) is 4.13. The van der Waals surface area contributed by atoms with Crippen molar-refractivity contribution < 1.29 is 69.5 Å². The molecule has 9 heteroatoms. The summed E-state index contributed by atoms with van der Waals surface area (Å²) < 4.78 is 33.8. The van der Waals surface area contributed by atoms with Crippen molar-refractivity contribution in [3.05, 3.63) is 18.7 Å². The summed E-state index contributed by atoms with van der Waals surface area (Å²) in [6, 6.07) is 0. The number of nitrogens with zero attached hydrogens (tertiary/aromatic N) is 2. The third kappa shape index (κ3) is 12.0. The molecule has 0 saturated heterocycles. The Bertz CT molecular complexity index is 290. The first kappa shape index (κ1) is 22.0. The van der Waals surface area contributed by atoms with Gasteiger partial charge in [-0.25, -0.2) is 9.78 Å². The fourth-order valence-corrected chi connectivity index (χ4v) is 0.677. The first-order chi connectivity index (χ1) is 6.88. The number of hydrogen-bond acceptors (Lipinski definition) is 2. The molecule has 1 aromatic heterocycles. The van der Waals surface area contributed by atoms with E-state index in [9.17, 15) is 13.2 Å². The zero-order valence-corrected chi connectivity index (χ0v) is 12.1. The SMILES string of the molecule is CCCn1ccnc1.F.O=C(O)C(F)(F)F.[Ce]. The first-order valence-electron chi connectivity index (χ1n) is 4.13. The normalized spacial score (nSPS) is 9.18. The molecule has 1 aromatic rings. The number of imidazole rings is 1. The Morgan fingerprint density at radius 3 is 2.18 bits per heavy atom. The predicted molar refractivity (Wildman–Crippen MR) is 48.7 cm³/mol. The molecule has 17 heavy (non-hydrogen) atoms. The summed E-state index contributed by atoms with van der Waals surface area (Å²) in [7, 11) is 0. The molecule has 0 amide bonds. The topological polar surface area (TPSA) is 55.1 Å². The molecule has 4 nitrogen and oxygen atoms in total. The summed E-state index contributed by atoms with van der Waals surface area (Å²) in [5.74, 6) is -2.76. The molecule has 0 atom stereocenters. The van der Waals surface area contributed by atoms with E-state index in [0.29, 0.717) is 0 Å². The number of aromatic nitrogens is 2. The molecule has 0 aliphatic heterocycles. The standard InChI is InChI=1S/C6H10N2.C2HF3O2.Ce.FH/c1-2-4-8-5-3-7-6-8;3-2(4,5)1(6)7;;/h3,5-6H,2,4H2,1H3;(H,6,7);;1H. The number of aryl methyl sites for hydroxylation is 1. The van der Waals surface area contributed by atoms with E-state index in [1.165, 1.54) is 6.42 Å². The summed E-state index contributed by atoms with van der Waals surface area (Å²) in [6.45, 7) is 3.24. The van der Waals surface area contributed by atoms with Crippen LogP contribution in [0.5, 0.6) is 0 Å². The van der Waals surface area contributed by atoms with Crippen molar-refractivity contribution in [1.29, 1.82) is 0 Å². The van der Waals surface area contributed by atoms with E-state index >= 15 is 0 Å². The quantitative estimate of drug-likeness (QED) is 0.795. The van der Waals surface area contributed by atoms with E-state index in [1.54, 1.807) is 6.20 Å². The Labute approximate surface area is 129 Å². The Balaban J connectivity index is -0.000000208. The van der Waals surface area contributed by atoms with Crippen LogP contribution in [-0.4, -0.2) is 26.8 Å². The maximum Gasteiger partial charge on any atom is 0.490 e. The molecule has 0 spiro atoms. The largest absolute Gasteiger partial charge is 0.490 e. The molecule has 0 unspecified atom stereocenters. The van der Waals surface area contributed by atoms with Crippen LogP contribution in [0.2, 0.25) is 0 Å². The van der Waals surface area contributed by atoms with Gasteiger partial charge in [0, 0.05) is 60.7 Å². The van der Waals surface area contributed by atoms with Gasteiger partial charge in [-0.1, -0.05) is 6.92 Å². The molecular weight excluding hydrogens is 372 g/mol. The van der Waals surface area contributed by atoms with E-state index < -0.39 is 12.1 Å². The van der Waals surface area contributed by atoms with Crippen LogP contribution in [0.15, 0.2) is 18.7 Å². The Hall–Kier alpha value is -0.223. The average Bonchev–Trinajstić information content (AvgIpc) is 2.57. The number of carboxylic acid groups (broad SMARTS) is 1. The molecule has 0 radical (unpaired) electrons. The molecule has 1 rings (SSSR count). The molecule has 0 bridgehead atoms. The van der Waals surface area contributed by atoms with Crippen LogP contribution in [0, 0.1) is 41.7 Å². The number of alkyl halides is 3. The van der Waals surface area contributed by atoms with Gasteiger partial charge in [0.25, 0.3) is 0 Å². The van der Waals surface area contributed by atoms with E-state index in [1.807, 2.05) is 12.5 Å². The van der Waals surface area contributed by atoms with E-state index in [0.717, 1.165) is 6.54 Å². The van der Waals surface area contributed by atoms with Gasteiger partial charge in [0.15, 0.2) is 0 Å². The molecule has 0 saturated carbocycles. The maximum absolute atomic E-state index is 10.6. The minimum absolute atomic E-state index is 0. The monoisotopic (exact) mass is 384 g/mol. The van der Waals surface area contributed by atoms with Gasteiger partial charge < -0.3 is 9.67 Å². The molecule has 98 valence electrons. The zero-order valence-electron chi connectivity index (χ0n) is 8.94. The van der Waals surface area contributed by atoms with Crippen LogP contribution in [0.3, 0.4) is 0 Å². The zero-order chi connectivity index (χ0) is 11.9. The van der Waals surface area contributed by atoms with Gasteiger partial charge in [0.2, 0.25) is 0 Å². The number of carbonyl (C=O) groups is 1. The summed E-state index contributed by atoms with van der Waals surface area (Å²) in [5.41, 5.74) is 0. The molecule has 0 aromatic carbocycles. The van der Waals surface area contributed by atoms with Gasteiger partial charge >= 0.3 is 12.1 Å². The van der Waals surface area contributed by atoms with Crippen molar-refractivity contribution in [3.8, 4) is 0 Å². The van der Waals surface area contributed by atoms with Crippen LogP contribution in [-0.2, 0) is 11.3 Å². The number of aliphatic carboxylic acids is 1. The second-order valence-electron chi connectivity index (χ2n) is 2.60. The summed E-state index contributed by atoms with van der Waals surface area (Å²) in [5, 5.41) is 7.12. The second-order valence-corrected chi connectivity index (χ2v) is 2.60. The minimum Gasteiger partial charge on any atom is -0.475 e. The summed E-state index contributed by atoms with van der Waals surface area (Å²) in [6.07, 6.45) is 1.71. The molecular formula is C8H12CeF4N2O2. The molecule has 1 N–H and O–H groups in total. The van der Waals surface area contributed by atoms with Gasteiger partial charge in [0.05, 0.1) is 6.33 Å². The predicted octanol–water partition coefficient (Wildman–Crippen LogP) is 2.08. The number of carboxylic acids is 1. The average molecular weight is 384 g/mol. The molecule has 0 fully saturated rings. The van der Waals surface area contributed by atoms with Crippen molar-refractivity contribution in [1.82, 2.24) is 9.55 Å². The van der Waals surface area contributed by atoms with Crippen molar-refractivity contribution >= 4 is 5.97 Å². The van der Waals surface area contributed by atoms with E-state index in [4.69, 9.17) is 9.90 Å². The molecule has 1 heterocycles. The smallest absolute Gasteiger partial charge is 0.475 e. The van der Waals surface area contributed by atoms with Crippen molar-refractivity contribution in [2.45, 2.75) is 26.1 Å². The summed E-state index contributed by atoms with van der Waals surface area (Å²) in [4.78, 5) is 12.8. The van der Waals surface area contributed by atoms with Gasteiger partial charge in [0.1, 0.15) is 0 Å². The third-order valence-corrected chi connectivity index (χ3v) is 1.28. The van der Waals surface area contributed by atoms with Gasteiger partial charge in [-0.05, 0) is 6.42 Å². The number of hydrogen-bond donors (Lipinski definition) is 1. The third-order valence-electron chi connectivity index (χ3n) is 1.28. The minimum atomic E-state index is -5.08. The van der Waals surface area contributed by atoms with Crippen LogP contribution < -0.4 is 0 Å². The van der Waals surface area contributed by atoms with Gasteiger partial charge in [-0.2, -0.15) is 13.2 Å². The summed E-state index contributed by atoms with van der Waals surface area (Å²) >= 11 is 0. The van der Waals surface area contributed by atoms with Crippen molar-refractivity contribution in [2.24, 2.45) is 0 Å². The van der Waals surface area contributed by atoms with Crippen LogP contribution >= 0.6 is 0 Å². The second kappa shape index (κ2) is 10.9. The van der Waals surface area contributed by atoms with E-state index in [2.05, 4.69) is 16.5 Å². The van der Waals surface area contributed by atoms with Gasteiger partial charge in [-0.3, -0.25) is 4.70 Å². The fraction of sp³-hybridized carbons (Fsp3) is 0.500. The Morgan fingerprint density at radius 2 is 1.94 bits per heavy atom. The van der Waals surface area contributed by atoms with Crippen molar-refractivity contribution in [2.75, 3.05) is 0 Å². The number of halogens is 4. The Kier molecular flexibility index (Phi) is 14.1. The van der Waals surface area contributed by atoms with Crippen LogP contribution in [0.4, 0.5) is 17.9 Å². The van der Waals surface area contributed by atoms with Gasteiger partial charge in [-0.15, -0.1) is 0 Å². The number of rotatable bonds is 2. The van der Waals surface area contributed by atoms with E-state index in [-0.39, 0.29) is 46.5 Å². The maximum atomic E-state index is 10.6. The molecule has 0 aliphatic carbocycles. The molecule has 0 aliphatic rings. The van der Waals surface area contributed by atoms with Crippen LogP contribution in [0.1, 0.15) is 13.3 Å². The fourth-order valence-electron chi connectivity index (χ4n) is 0.677.